The lowest BCUT2D eigenvalue weighted by molar-refractivity contribution is 1.21. The third-order valence-electron chi connectivity index (χ3n) is 10.8. The van der Waals surface area contributed by atoms with Crippen LogP contribution in [0.2, 0.25) is 0 Å². The molecule has 0 aliphatic carbocycles. The molecule has 252 valence electrons. The van der Waals surface area contributed by atoms with E-state index in [9.17, 15) is 21.0 Å². The largest absolute Gasteiger partial charge is 0.290 e. The van der Waals surface area contributed by atoms with Crippen molar-refractivity contribution in [3.63, 3.8) is 0 Å². The molecule has 0 N–H and O–H groups in total. The second-order valence-corrected chi connectivity index (χ2v) is 13.6. The molecule has 9 heterocycles. The molecule has 3 aromatic carbocycles. The molecule has 0 unspecified atom stereocenters. The molecule has 56 heavy (non-hydrogen) atoms. The summed E-state index contributed by atoms with van der Waals surface area (Å²) in [5.41, 5.74) is 9.30. The van der Waals surface area contributed by atoms with Gasteiger partial charge in [-0.05, 0) is 60.7 Å². The van der Waals surface area contributed by atoms with E-state index in [0.29, 0.717) is 67.4 Å². The van der Waals surface area contributed by atoms with E-state index in [-0.39, 0.29) is 0 Å². The van der Waals surface area contributed by atoms with E-state index in [1.807, 2.05) is 60.7 Å². The molecule has 0 saturated carbocycles. The zero-order valence-electron chi connectivity index (χ0n) is 28.6. The molecular weight excluding hydrogens is 697 g/mol. The Labute approximate surface area is 313 Å². The van der Waals surface area contributed by atoms with Gasteiger partial charge in [0.15, 0.2) is 0 Å². The van der Waals surface area contributed by atoms with E-state index in [0.717, 1.165) is 65.2 Å². The van der Waals surface area contributed by atoms with Crippen LogP contribution in [0.25, 0.3) is 110 Å². The van der Waals surface area contributed by atoms with E-state index < -0.39 is 0 Å². The molecule has 12 heteroatoms. The maximum atomic E-state index is 10.4. The number of pyridine rings is 4. The summed E-state index contributed by atoms with van der Waals surface area (Å²) in [6.45, 7) is 0. The topological polar surface area (TPSA) is 181 Å². The van der Waals surface area contributed by atoms with Gasteiger partial charge in [0.1, 0.15) is 45.9 Å². The van der Waals surface area contributed by atoms with Crippen molar-refractivity contribution in [3.8, 4) is 47.1 Å². The lowest BCUT2D eigenvalue weighted by Gasteiger charge is -2.12. The molecular formula is C44H16N12. The summed E-state index contributed by atoms with van der Waals surface area (Å²) >= 11 is 0. The SMILES string of the molecule is N#Cc1cnc2c(c1)c1cc(C#N)cc3c4c5nc(-c6ccccn6)c(-c6ccccn6)nc5c5c6cc(C#N)cc7c8cc(C#N)cnc8n(c76)c5c4n2c13. The van der Waals surface area contributed by atoms with E-state index >= 15 is 0 Å². The van der Waals surface area contributed by atoms with Gasteiger partial charge in [-0.3, -0.25) is 18.8 Å². The van der Waals surface area contributed by atoms with Crippen LogP contribution in [-0.4, -0.2) is 38.7 Å². The van der Waals surface area contributed by atoms with Crippen LogP contribution in [0.4, 0.5) is 0 Å². The molecule has 9 aromatic heterocycles. The van der Waals surface area contributed by atoms with Gasteiger partial charge >= 0.3 is 0 Å². The lowest BCUT2D eigenvalue weighted by atomic mass is 10.00. The number of nitriles is 4. The molecule has 0 aliphatic heterocycles. The Balaban J connectivity index is 1.46. The Kier molecular flexibility index (Phi) is 5.51. The van der Waals surface area contributed by atoms with Gasteiger partial charge in [-0.15, -0.1) is 0 Å². The third kappa shape index (κ3) is 3.57. The Morgan fingerprint density at radius 2 is 0.839 bits per heavy atom. The molecule has 0 amide bonds. The van der Waals surface area contributed by atoms with Crippen LogP contribution >= 0.6 is 0 Å². The molecule has 0 fully saturated rings. The zero-order valence-corrected chi connectivity index (χ0v) is 28.6. The van der Waals surface area contributed by atoms with E-state index in [1.165, 1.54) is 0 Å². The fourth-order valence-corrected chi connectivity index (χ4v) is 8.66. The number of benzene rings is 3. The normalized spacial score (nSPS) is 11.9. The first-order valence-corrected chi connectivity index (χ1v) is 17.4. The molecule has 12 rings (SSSR count). The number of rotatable bonds is 2. The lowest BCUT2D eigenvalue weighted by Crippen LogP contribution is -2.00. The van der Waals surface area contributed by atoms with Gasteiger partial charge < -0.3 is 0 Å². The minimum absolute atomic E-state index is 0.393. The first-order chi connectivity index (χ1) is 27.6. The van der Waals surface area contributed by atoms with Gasteiger partial charge in [-0.25, -0.2) is 19.9 Å². The van der Waals surface area contributed by atoms with Crippen molar-refractivity contribution in [2.45, 2.75) is 0 Å². The van der Waals surface area contributed by atoms with Gasteiger partial charge in [0.05, 0.1) is 67.8 Å². The average molecular weight is 713 g/mol. The van der Waals surface area contributed by atoms with Crippen molar-refractivity contribution in [3.05, 3.63) is 120 Å². The highest BCUT2D eigenvalue weighted by atomic mass is 15.0. The summed E-state index contributed by atoms with van der Waals surface area (Å²) in [7, 11) is 0. The smallest absolute Gasteiger partial charge is 0.145 e. The maximum Gasteiger partial charge on any atom is 0.145 e. The summed E-state index contributed by atoms with van der Waals surface area (Å²) in [5, 5.41) is 46.5. The number of nitrogens with zero attached hydrogens (tertiary/aromatic N) is 12. The number of hydrogen-bond acceptors (Lipinski definition) is 10. The maximum absolute atomic E-state index is 10.4. The van der Waals surface area contributed by atoms with Crippen LogP contribution in [-0.2, 0) is 0 Å². The molecule has 0 atom stereocenters. The van der Waals surface area contributed by atoms with Crippen LogP contribution in [0.15, 0.2) is 97.6 Å². The summed E-state index contributed by atoms with van der Waals surface area (Å²) in [6.07, 6.45) is 6.52. The first-order valence-electron chi connectivity index (χ1n) is 17.4. The first kappa shape index (κ1) is 29.7. The van der Waals surface area contributed by atoms with Crippen molar-refractivity contribution in [2.24, 2.45) is 0 Å². The van der Waals surface area contributed by atoms with Gasteiger partial charge in [0.2, 0.25) is 0 Å². The highest BCUT2D eigenvalue weighted by Gasteiger charge is 2.31. The Morgan fingerprint density at radius 3 is 1.23 bits per heavy atom. The number of aromatic nitrogens is 8. The molecule has 12 aromatic rings. The van der Waals surface area contributed by atoms with Crippen LogP contribution in [0.5, 0.6) is 0 Å². The van der Waals surface area contributed by atoms with Crippen LogP contribution in [0, 0.1) is 45.3 Å². The predicted octanol–water partition coefficient (Wildman–Crippen LogP) is 8.33. The van der Waals surface area contributed by atoms with Crippen molar-refractivity contribution in [1.29, 1.82) is 21.0 Å². The van der Waals surface area contributed by atoms with Crippen molar-refractivity contribution >= 4 is 87.5 Å². The second kappa shape index (κ2) is 10.4. The van der Waals surface area contributed by atoms with Crippen LogP contribution in [0.3, 0.4) is 0 Å². The minimum Gasteiger partial charge on any atom is -0.290 e. The fraction of sp³-hybridized carbons (Fsp3) is 0. The summed E-state index contributed by atoms with van der Waals surface area (Å²) in [5.74, 6) is 0. The molecule has 0 radical (unpaired) electrons. The number of fused-ring (bicyclic) bond motifs is 16. The summed E-state index contributed by atoms with van der Waals surface area (Å²) in [4.78, 5) is 30.1. The monoisotopic (exact) mass is 712 g/mol. The van der Waals surface area contributed by atoms with Crippen molar-refractivity contribution in [2.75, 3.05) is 0 Å². The van der Waals surface area contributed by atoms with Crippen LogP contribution < -0.4 is 0 Å². The minimum atomic E-state index is 0.393. The van der Waals surface area contributed by atoms with E-state index in [1.54, 1.807) is 36.9 Å². The van der Waals surface area contributed by atoms with Gasteiger partial charge in [0, 0.05) is 67.9 Å². The Morgan fingerprint density at radius 1 is 0.429 bits per heavy atom. The molecule has 0 spiro atoms. The van der Waals surface area contributed by atoms with E-state index in [4.69, 9.17) is 29.9 Å². The van der Waals surface area contributed by atoms with E-state index in [2.05, 4.69) is 33.1 Å². The standard InChI is InChI=1S/C44H16N12/c45-15-21-9-25-27-13-23(17-47)19-51-43(27)55-39(25)29(11-21)33-37-38(54-36(32-6-2-4-8-50-32)35(53-37)31-5-1-3-7-49-31)34-30-12-22(16-46)10-26-28-14-24(18-48)20-52-44(28)56(40(26)30)42(34)41(33)55/h1-14,19-20H. The molecule has 0 saturated heterocycles. The predicted molar refractivity (Wildman–Crippen MR) is 210 cm³/mol. The molecule has 0 bridgehead atoms. The second-order valence-electron chi connectivity index (χ2n) is 13.6. The summed E-state index contributed by atoms with van der Waals surface area (Å²) in [6, 6.07) is 31.4. The van der Waals surface area contributed by atoms with Crippen LogP contribution in [0.1, 0.15) is 22.3 Å². The van der Waals surface area contributed by atoms with Crippen molar-refractivity contribution in [1.82, 2.24) is 38.7 Å². The van der Waals surface area contributed by atoms with Gasteiger partial charge in [-0.1, -0.05) is 12.1 Å². The number of hydrogen-bond donors (Lipinski definition) is 0. The zero-order chi connectivity index (χ0) is 37.4. The Bertz CT molecular complexity index is 3650. The fourth-order valence-electron chi connectivity index (χ4n) is 8.66. The van der Waals surface area contributed by atoms with Gasteiger partial charge in [0.25, 0.3) is 0 Å². The third-order valence-corrected chi connectivity index (χ3v) is 10.8. The molecule has 12 nitrogen and oxygen atoms in total. The van der Waals surface area contributed by atoms with Gasteiger partial charge in [-0.2, -0.15) is 21.0 Å². The van der Waals surface area contributed by atoms with Crippen molar-refractivity contribution < 1.29 is 0 Å². The molecule has 0 aliphatic rings. The average Bonchev–Trinajstić information content (AvgIpc) is 3.99. The Hall–Kier alpha value is -8.84. The highest BCUT2D eigenvalue weighted by Crippen LogP contribution is 2.50. The quantitative estimate of drug-likeness (QED) is 0.169. The summed E-state index contributed by atoms with van der Waals surface area (Å²) < 4.78 is 4.17. The highest BCUT2D eigenvalue weighted by molar-refractivity contribution is 6.39.